The number of Topliss-reactive ketones (excluding diaryl/α,β-unsaturated/α-hetero) is 1. The molecule has 2 heterocycles. The molecule has 0 bridgehead atoms. The van der Waals surface area contributed by atoms with Gasteiger partial charge in [-0.05, 0) is 49.2 Å². The number of aliphatic hydroxyl groups excluding tert-OH is 1. The van der Waals surface area contributed by atoms with E-state index in [2.05, 4.69) is 11.9 Å². The van der Waals surface area contributed by atoms with Gasteiger partial charge in [0.05, 0.1) is 28.4 Å². The maximum Gasteiger partial charge on any atom is 0.301 e. The van der Waals surface area contributed by atoms with Crippen molar-refractivity contribution in [3.8, 4) is 5.75 Å². The van der Waals surface area contributed by atoms with Crippen LogP contribution in [-0.2, 0) is 9.59 Å². The van der Waals surface area contributed by atoms with Gasteiger partial charge in [-0.3, -0.25) is 14.5 Å². The lowest BCUT2D eigenvalue weighted by atomic mass is 9.95. The summed E-state index contributed by atoms with van der Waals surface area (Å²) >= 11 is 7.45. The predicted octanol–water partition coefficient (Wildman–Crippen LogP) is 7.45. The number of amides is 1. The number of hydrogen-bond acceptors (Lipinski definition) is 6. The molecule has 1 atom stereocenters. The number of halogens is 1. The molecule has 4 aromatic rings. The molecule has 1 unspecified atom stereocenters. The Bertz CT molecular complexity index is 1540. The van der Waals surface area contributed by atoms with Gasteiger partial charge in [-0.1, -0.05) is 84.7 Å². The van der Waals surface area contributed by atoms with E-state index in [9.17, 15) is 14.7 Å². The Kier molecular flexibility index (Phi) is 7.49. The van der Waals surface area contributed by atoms with E-state index in [4.69, 9.17) is 16.3 Å². The minimum Gasteiger partial charge on any atom is -0.507 e. The average Bonchev–Trinajstić information content (AvgIpc) is 3.44. The van der Waals surface area contributed by atoms with Crippen LogP contribution in [0.15, 0.2) is 72.3 Å². The Morgan fingerprint density at radius 1 is 1.08 bits per heavy atom. The standard InChI is InChI=1S/C30H27ClN2O4S/c1-3-4-5-15-37-22-8-6-7-20(16-22)26-25(27(34)19-11-9-18(2)10-12-19)28(35)29(36)33(26)30-32-23-14-13-21(31)17-24(23)38-30/h6-14,16-17,26,34H,3-5,15H2,1-2H3/b27-25+. The fourth-order valence-electron chi connectivity index (χ4n) is 4.52. The number of thiazole rings is 1. The quantitative estimate of drug-likeness (QED) is 0.107. The topological polar surface area (TPSA) is 79.7 Å². The van der Waals surface area contributed by atoms with E-state index in [0.29, 0.717) is 39.2 Å². The van der Waals surface area contributed by atoms with Crippen LogP contribution >= 0.6 is 22.9 Å². The summed E-state index contributed by atoms with van der Waals surface area (Å²) < 4.78 is 6.75. The second kappa shape index (κ2) is 11.0. The lowest BCUT2D eigenvalue weighted by molar-refractivity contribution is -0.132. The van der Waals surface area contributed by atoms with E-state index in [1.54, 1.807) is 30.3 Å². The summed E-state index contributed by atoms with van der Waals surface area (Å²) in [5.74, 6) is -1.10. The minimum absolute atomic E-state index is 0.0132. The molecule has 1 aliphatic heterocycles. The first kappa shape index (κ1) is 25.9. The van der Waals surface area contributed by atoms with E-state index in [1.807, 2.05) is 43.3 Å². The summed E-state index contributed by atoms with van der Waals surface area (Å²) in [5, 5.41) is 12.3. The molecule has 1 fully saturated rings. The Hall–Kier alpha value is -3.68. The number of fused-ring (bicyclic) bond motifs is 1. The highest BCUT2D eigenvalue weighted by atomic mass is 35.5. The first-order valence-corrected chi connectivity index (χ1v) is 13.7. The molecule has 1 N–H and O–H groups in total. The van der Waals surface area contributed by atoms with Crippen molar-refractivity contribution in [3.05, 3.63) is 94.0 Å². The van der Waals surface area contributed by atoms with Crippen LogP contribution in [0.1, 0.15) is 48.9 Å². The van der Waals surface area contributed by atoms with Crippen LogP contribution in [0.3, 0.4) is 0 Å². The number of nitrogens with zero attached hydrogens (tertiary/aromatic N) is 2. The van der Waals surface area contributed by atoms with Gasteiger partial charge in [0.1, 0.15) is 11.5 Å². The predicted molar refractivity (Wildman–Crippen MR) is 152 cm³/mol. The monoisotopic (exact) mass is 546 g/mol. The second-order valence-corrected chi connectivity index (χ2v) is 10.7. The number of ketones is 1. The van der Waals surface area contributed by atoms with E-state index >= 15 is 0 Å². The van der Waals surface area contributed by atoms with E-state index in [0.717, 1.165) is 29.5 Å². The molecule has 5 rings (SSSR count). The molecule has 3 aromatic carbocycles. The molecule has 0 saturated carbocycles. The molecule has 194 valence electrons. The van der Waals surface area contributed by atoms with E-state index < -0.39 is 17.7 Å². The van der Waals surface area contributed by atoms with Crippen molar-refractivity contribution in [2.45, 2.75) is 39.2 Å². The zero-order chi connectivity index (χ0) is 26.8. The van der Waals surface area contributed by atoms with E-state index in [-0.39, 0.29) is 11.3 Å². The summed E-state index contributed by atoms with van der Waals surface area (Å²) in [6, 6.07) is 18.9. The molecule has 38 heavy (non-hydrogen) atoms. The van der Waals surface area contributed by atoms with Gasteiger partial charge in [0.15, 0.2) is 5.13 Å². The fourth-order valence-corrected chi connectivity index (χ4v) is 5.79. The number of aromatic nitrogens is 1. The van der Waals surface area contributed by atoms with Crippen LogP contribution in [0.2, 0.25) is 5.02 Å². The smallest absolute Gasteiger partial charge is 0.301 e. The number of ether oxygens (including phenoxy) is 1. The van der Waals surface area contributed by atoms with Crippen LogP contribution in [0.5, 0.6) is 5.75 Å². The van der Waals surface area contributed by atoms with Crippen LogP contribution < -0.4 is 9.64 Å². The zero-order valence-electron chi connectivity index (χ0n) is 21.1. The lowest BCUT2D eigenvalue weighted by Crippen LogP contribution is -2.29. The van der Waals surface area contributed by atoms with Crippen LogP contribution in [-0.4, -0.2) is 28.4 Å². The van der Waals surface area contributed by atoms with Crippen molar-refractivity contribution >= 4 is 55.7 Å². The van der Waals surface area contributed by atoms with Crippen LogP contribution in [0, 0.1) is 6.92 Å². The largest absolute Gasteiger partial charge is 0.507 e. The van der Waals surface area contributed by atoms with Crippen molar-refractivity contribution in [1.29, 1.82) is 0 Å². The number of benzene rings is 3. The van der Waals surface area contributed by atoms with Crippen molar-refractivity contribution in [1.82, 2.24) is 4.98 Å². The molecule has 1 aromatic heterocycles. The summed E-state index contributed by atoms with van der Waals surface area (Å²) in [5.41, 5.74) is 2.80. The number of aliphatic hydroxyl groups is 1. The first-order chi connectivity index (χ1) is 18.4. The Morgan fingerprint density at radius 3 is 2.63 bits per heavy atom. The summed E-state index contributed by atoms with van der Waals surface area (Å²) in [7, 11) is 0. The average molecular weight is 547 g/mol. The molecular weight excluding hydrogens is 520 g/mol. The zero-order valence-corrected chi connectivity index (χ0v) is 22.7. The van der Waals surface area contributed by atoms with Crippen LogP contribution in [0.4, 0.5) is 5.13 Å². The molecule has 1 amide bonds. The van der Waals surface area contributed by atoms with Gasteiger partial charge in [0.25, 0.3) is 5.78 Å². The Labute approximate surface area is 230 Å². The van der Waals surface area contributed by atoms with Crippen molar-refractivity contribution < 1.29 is 19.4 Å². The molecule has 1 aliphatic rings. The fraction of sp³-hybridized carbons (Fsp3) is 0.233. The number of carbonyl (C=O) groups excluding carboxylic acids is 2. The number of aryl methyl sites for hydroxylation is 1. The van der Waals surface area contributed by atoms with Crippen molar-refractivity contribution in [2.75, 3.05) is 11.5 Å². The number of carbonyl (C=O) groups is 2. The maximum absolute atomic E-state index is 13.5. The van der Waals surface area contributed by atoms with Gasteiger partial charge < -0.3 is 9.84 Å². The highest BCUT2D eigenvalue weighted by Crippen LogP contribution is 2.45. The lowest BCUT2D eigenvalue weighted by Gasteiger charge is -2.23. The molecule has 1 saturated heterocycles. The van der Waals surface area contributed by atoms with Crippen molar-refractivity contribution in [2.24, 2.45) is 0 Å². The Balaban J connectivity index is 1.64. The number of hydrogen-bond donors (Lipinski definition) is 1. The molecular formula is C30H27ClN2O4S. The van der Waals surface area contributed by atoms with Gasteiger partial charge in [-0.15, -0.1) is 0 Å². The third kappa shape index (κ3) is 5.04. The number of anilines is 1. The number of rotatable bonds is 8. The highest BCUT2D eigenvalue weighted by Gasteiger charge is 2.48. The SMILES string of the molecule is CCCCCOc1cccc(C2/C(=C(\O)c3ccc(C)cc3)C(=O)C(=O)N2c2nc3ccc(Cl)cc3s2)c1. The van der Waals surface area contributed by atoms with Gasteiger partial charge in [0.2, 0.25) is 0 Å². The van der Waals surface area contributed by atoms with E-state index in [1.165, 1.54) is 16.2 Å². The normalized spacial score (nSPS) is 16.9. The molecule has 8 heteroatoms. The maximum atomic E-state index is 13.5. The van der Waals surface area contributed by atoms with Crippen molar-refractivity contribution in [3.63, 3.8) is 0 Å². The summed E-state index contributed by atoms with van der Waals surface area (Å²) in [4.78, 5) is 33.0. The molecule has 0 spiro atoms. The summed E-state index contributed by atoms with van der Waals surface area (Å²) in [6.07, 6.45) is 3.09. The minimum atomic E-state index is -0.883. The first-order valence-electron chi connectivity index (χ1n) is 12.5. The number of unbranched alkanes of at least 4 members (excludes halogenated alkanes) is 2. The second-order valence-electron chi connectivity index (χ2n) is 9.27. The highest BCUT2D eigenvalue weighted by molar-refractivity contribution is 7.22. The third-order valence-electron chi connectivity index (χ3n) is 6.51. The third-order valence-corrected chi connectivity index (χ3v) is 7.76. The molecule has 0 aliphatic carbocycles. The molecule has 6 nitrogen and oxygen atoms in total. The molecule has 0 radical (unpaired) electrons. The van der Waals surface area contributed by atoms with Gasteiger partial charge in [-0.2, -0.15) is 0 Å². The van der Waals surface area contributed by atoms with Gasteiger partial charge in [0, 0.05) is 10.6 Å². The van der Waals surface area contributed by atoms with Gasteiger partial charge >= 0.3 is 5.91 Å². The van der Waals surface area contributed by atoms with Crippen LogP contribution in [0.25, 0.3) is 16.0 Å². The van der Waals surface area contributed by atoms with Gasteiger partial charge in [-0.25, -0.2) is 4.98 Å². The summed E-state index contributed by atoms with van der Waals surface area (Å²) in [6.45, 7) is 4.64. The Morgan fingerprint density at radius 2 is 1.87 bits per heavy atom.